The van der Waals surface area contributed by atoms with E-state index in [1.54, 1.807) is 0 Å². The Hall–Kier alpha value is -0.770. The van der Waals surface area contributed by atoms with Crippen molar-refractivity contribution < 1.29 is 0 Å². The van der Waals surface area contributed by atoms with Crippen LogP contribution in [-0.2, 0) is 5.75 Å². The lowest BCUT2D eigenvalue weighted by molar-refractivity contribution is 0.683. The van der Waals surface area contributed by atoms with Crippen LogP contribution < -0.4 is 5.32 Å². The lowest BCUT2D eigenvalue weighted by Crippen LogP contribution is -2.17. The molecule has 0 saturated carbocycles. The van der Waals surface area contributed by atoms with Gasteiger partial charge >= 0.3 is 0 Å². The van der Waals surface area contributed by atoms with Gasteiger partial charge in [0.25, 0.3) is 0 Å². The Kier molecular flexibility index (Phi) is 2.75. The largest absolute Gasteiger partial charge is 0.309 e. The van der Waals surface area contributed by atoms with E-state index in [-0.39, 0.29) is 0 Å². The van der Waals surface area contributed by atoms with Crippen molar-refractivity contribution in [2.45, 2.75) is 16.0 Å². The molecular weight excluding hydrogens is 234 g/mol. The minimum absolute atomic E-state index is 0.354. The average molecular weight is 247 g/mol. The number of thiophene rings is 1. The van der Waals surface area contributed by atoms with E-state index in [1.807, 2.05) is 30.1 Å². The van der Waals surface area contributed by atoms with Crippen LogP contribution in [0, 0.1) is 0 Å². The van der Waals surface area contributed by atoms with Gasteiger partial charge in [-0.25, -0.2) is 0 Å². The van der Waals surface area contributed by atoms with Crippen LogP contribution in [0.2, 0.25) is 0 Å². The van der Waals surface area contributed by atoms with Crippen LogP contribution in [0.25, 0.3) is 0 Å². The third-order valence-corrected chi connectivity index (χ3v) is 5.30. The van der Waals surface area contributed by atoms with Crippen LogP contribution in [0.5, 0.6) is 0 Å². The van der Waals surface area contributed by atoms with Gasteiger partial charge in [-0.2, -0.15) is 0 Å². The van der Waals surface area contributed by atoms with E-state index in [2.05, 4.69) is 41.0 Å². The Balaban J connectivity index is 2.17. The monoisotopic (exact) mass is 247 g/mol. The summed E-state index contributed by atoms with van der Waals surface area (Å²) in [6.45, 7) is 0. The summed E-state index contributed by atoms with van der Waals surface area (Å²) in [5.41, 5.74) is 4.31. The van der Waals surface area contributed by atoms with Gasteiger partial charge in [-0.1, -0.05) is 24.3 Å². The molecule has 0 radical (unpaired) electrons. The highest BCUT2D eigenvalue weighted by Gasteiger charge is 2.22. The molecule has 1 aromatic heterocycles. The molecule has 0 fully saturated rings. The quantitative estimate of drug-likeness (QED) is 0.825. The molecule has 16 heavy (non-hydrogen) atoms. The molecular formula is C13H13NS2. The normalized spacial score (nSPS) is 18.7. The van der Waals surface area contributed by atoms with Crippen LogP contribution in [0.1, 0.15) is 22.7 Å². The summed E-state index contributed by atoms with van der Waals surface area (Å²) in [6.07, 6.45) is 0. The van der Waals surface area contributed by atoms with Crippen LogP contribution in [-0.4, -0.2) is 7.05 Å². The highest BCUT2D eigenvalue weighted by molar-refractivity contribution is 8.00. The topological polar surface area (TPSA) is 12.0 Å². The SMILES string of the molecule is CN[C@H]1c2ccccc2CSc2sccc21. The molecule has 0 spiro atoms. The molecule has 0 saturated heterocycles. The maximum absolute atomic E-state index is 3.44. The van der Waals surface area contributed by atoms with E-state index in [0.29, 0.717) is 6.04 Å². The number of fused-ring (bicyclic) bond motifs is 2. The van der Waals surface area contributed by atoms with Gasteiger partial charge in [0.05, 0.1) is 10.3 Å². The first-order valence-electron chi connectivity index (χ1n) is 5.35. The molecule has 1 atom stereocenters. The van der Waals surface area contributed by atoms with Crippen LogP contribution >= 0.6 is 23.1 Å². The van der Waals surface area contributed by atoms with Crippen molar-refractivity contribution in [2.75, 3.05) is 7.05 Å². The van der Waals surface area contributed by atoms with Gasteiger partial charge in [-0.05, 0) is 35.2 Å². The van der Waals surface area contributed by atoms with Crippen LogP contribution in [0.4, 0.5) is 0 Å². The van der Waals surface area contributed by atoms with Gasteiger partial charge in [-0.3, -0.25) is 0 Å². The second-order valence-corrected chi connectivity index (χ2v) is 6.03. The first kappa shape index (κ1) is 10.4. The van der Waals surface area contributed by atoms with Crippen molar-refractivity contribution in [3.8, 4) is 0 Å². The van der Waals surface area contributed by atoms with E-state index >= 15 is 0 Å². The maximum Gasteiger partial charge on any atom is 0.0653 e. The number of benzene rings is 1. The third kappa shape index (κ3) is 1.59. The average Bonchev–Trinajstić information content (AvgIpc) is 2.72. The molecule has 0 aliphatic carbocycles. The van der Waals surface area contributed by atoms with E-state index in [9.17, 15) is 0 Å². The van der Waals surface area contributed by atoms with Gasteiger partial charge in [0, 0.05) is 5.75 Å². The molecule has 0 unspecified atom stereocenters. The fraction of sp³-hybridized carbons (Fsp3) is 0.231. The smallest absolute Gasteiger partial charge is 0.0653 e. The summed E-state index contributed by atoms with van der Waals surface area (Å²) in [7, 11) is 2.04. The van der Waals surface area contributed by atoms with E-state index in [0.717, 1.165) is 5.75 Å². The molecule has 0 amide bonds. The molecule has 2 aromatic rings. The molecule has 2 heterocycles. The molecule has 1 aliphatic heterocycles. The first-order chi connectivity index (χ1) is 7.90. The number of thioether (sulfide) groups is 1. The Bertz CT molecular complexity index is 504. The van der Waals surface area contributed by atoms with Crippen molar-refractivity contribution in [3.05, 3.63) is 52.4 Å². The fourth-order valence-corrected chi connectivity index (χ4v) is 4.38. The standard InChI is InChI=1S/C13H13NS2/c1-14-12-10-5-3-2-4-9(10)8-16-13-11(12)6-7-15-13/h2-7,12,14H,8H2,1H3/t12-/m0/s1. The highest BCUT2D eigenvalue weighted by Crippen LogP contribution is 2.41. The Morgan fingerprint density at radius 1 is 1.19 bits per heavy atom. The minimum atomic E-state index is 0.354. The van der Waals surface area contributed by atoms with Crippen molar-refractivity contribution in [1.29, 1.82) is 0 Å². The van der Waals surface area contributed by atoms with Gasteiger partial charge < -0.3 is 5.32 Å². The second kappa shape index (κ2) is 4.24. The predicted molar refractivity (Wildman–Crippen MR) is 71.2 cm³/mol. The number of nitrogens with one attached hydrogen (secondary N) is 1. The van der Waals surface area contributed by atoms with Crippen molar-refractivity contribution in [2.24, 2.45) is 0 Å². The van der Waals surface area contributed by atoms with Crippen molar-refractivity contribution >= 4 is 23.1 Å². The summed E-state index contributed by atoms with van der Waals surface area (Å²) in [6, 6.07) is 11.3. The first-order valence-corrected chi connectivity index (χ1v) is 7.22. The lowest BCUT2D eigenvalue weighted by atomic mass is 9.97. The molecule has 82 valence electrons. The predicted octanol–water partition coefficient (Wildman–Crippen LogP) is 3.66. The number of hydrogen-bond acceptors (Lipinski definition) is 3. The summed E-state index contributed by atoms with van der Waals surface area (Å²) >= 11 is 3.81. The molecule has 3 rings (SSSR count). The van der Waals surface area contributed by atoms with E-state index < -0.39 is 0 Å². The zero-order valence-corrected chi connectivity index (χ0v) is 10.7. The summed E-state index contributed by atoms with van der Waals surface area (Å²) < 4.78 is 1.45. The van der Waals surface area contributed by atoms with Gasteiger partial charge in [0.2, 0.25) is 0 Å². The summed E-state index contributed by atoms with van der Waals surface area (Å²) in [4.78, 5) is 0. The number of rotatable bonds is 1. The van der Waals surface area contributed by atoms with Crippen molar-refractivity contribution in [1.82, 2.24) is 5.32 Å². The van der Waals surface area contributed by atoms with Gasteiger partial charge in [0.1, 0.15) is 0 Å². The molecule has 1 aliphatic rings. The maximum atomic E-state index is 3.44. The Morgan fingerprint density at radius 2 is 2.06 bits per heavy atom. The van der Waals surface area contributed by atoms with Crippen LogP contribution in [0.15, 0.2) is 39.9 Å². The minimum Gasteiger partial charge on any atom is -0.309 e. The summed E-state index contributed by atoms with van der Waals surface area (Å²) in [5.74, 6) is 1.09. The molecule has 0 bridgehead atoms. The van der Waals surface area contributed by atoms with E-state index in [4.69, 9.17) is 0 Å². The lowest BCUT2D eigenvalue weighted by Gasteiger charge is -2.17. The molecule has 3 heteroatoms. The van der Waals surface area contributed by atoms with Crippen LogP contribution in [0.3, 0.4) is 0 Å². The van der Waals surface area contributed by atoms with Gasteiger partial charge in [0.15, 0.2) is 0 Å². The Labute approximate surface area is 104 Å². The second-order valence-electron chi connectivity index (χ2n) is 3.87. The van der Waals surface area contributed by atoms with Crippen molar-refractivity contribution in [3.63, 3.8) is 0 Å². The highest BCUT2D eigenvalue weighted by atomic mass is 32.2. The van der Waals surface area contributed by atoms with Gasteiger partial charge in [-0.15, -0.1) is 23.1 Å². The summed E-state index contributed by atoms with van der Waals surface area (Å²) in [5, 5.41) is 5.63. The molecule has 1 aromatic carbocycles. The fourth-order valence-electron chi connectivity index (χ4n) is 2.21. The zero-order chi connectivity index (χ0) is 11.0. The van der Waals surface area contributed by atoms with E-state index in [1.165, 1.54) is 20.9 Å². The molecule has 1 N–H and O–H groups in total. The zero-order valence-electron chi connectivity index (χ0n) is 9.07. The Morgan fingerprint density at radius 3 is 2.94 bits per heavy atom. The molecule has 1 nitrogen and oxygen atoms in total. The number of hydrogen-bond donors (Lipinski definition) is 1. The third-order valence-electron chi connectivity index (χ3n) is 2.98.